The molecule has 0 aromatic heterocycles. The predicted molar refractivity (Wildman–Crippen MR) is 73.1 cm³/mol. The van der Waals surface area contributed by atoms with Crippen LogP contribution in [0.3, 0.4) is 0 Å². The molecule has 0 radical (unpaired) electrons. The van der Waals surface area contributed by atoms with Gasteiger partial charge in [-0.15, -0.1) is 0 Å². The van der Waals surface area contributed by atoms with Crippen molar-refractivity contribution in [2.24, 2.45) is 11.7 Å². The summed E-state index contributed by atoms with van der Waals surface area (Å²) in [6.07, 6.45) is -1.51. The van der Waals surface area contributed by atoms with Gasteiger partial charge >= 0.3 is 6.18 Å². The Morgan fingerprint density at radius 1 is 1.29 bits per heavy atom. The van der Waals surface area contributed by atoms with Gasteiger partial charge < -0.3 is 5.73 Å². The van der Waals surface area contributed by atoms with Gasteiger partial charge in [-0.25, -0.2) is 4.39 Å². The molecule has 1 aromatic carbocycles. The lowest BCUT2D eigenvalue weighted by Crippen LogP contribution is -2.37. The van der Waals surface area contributed by atoms with Crippen LogP contribution >= 0.6 is 0 Å². The maximum atomic E-state index is 13.3. The van der Waals surface area contributed by atoms with E-state index in [0.717, 1.165) is 31.4 Å². The monoisotopic (exact) mass is 304 g/mol. The molecule has 0 bridgehead atoms. The molecule has 0 amide bonds. The van der Waals surface area contributed by atoms with Crippen LogP contribution in [0.5, 0.6) is 0 Å². The van der Waals surface area contributed by atoms with E-state index in [1.807, 2.05) is 11.9 Å². The van der Waals surface area contributed by atoms with E-state index in [1.54, 1.807) is 0 Å². The summed E-state index contributed by atoms with van der Waals surface area (Å²) in [4.78, 5) is 2.03. The number of hydrogen-bond acceptors (Lipinski definition) is 2. The highest BCUT2D eigenvalue weighted by molar-refractivity contribution is 5.27. The van der Waals surface area contributed by atoms with Crippen molar-refractivity contribution in [2.75, 3.05) is 13.6 Å². The van der Waals surface area contributed by atoms with Crippen LogP contribution in [0, 0.1) is 11.7 Å². The number of alkyl halides is 3. The first-order valence-electron chi connectivity index (χ1n) is 7.09. The average molecular weight is 304 g/mol. The fraction of sp³-hybridized carbons (Fsp3) is 0.600. The van der Waals surface area contributed by atoms with Gasteiger partial charge in [-0.1, -0.05) is 12.5 Å². The molecule has 0 heterocycles. The lowest BCUT2D eigenvalue weighted by atomic mass is 10.0. The molecular formula is C15H20F4N2. The Morgan fingerprint density at radius 2 is 2.00 bits per heavy atom. The Balaban J connectivity index is 2.13. The van der Waals surface area contributed by atoms with Crippen molar-refractivity contribution >= 4 is 0 Å². The van der Waals surface area contributed by atoms with Crippen LogP contribution in [0.2, 0.25) is 0 Å². The van der Waals surface area contributed by atoms with E-state index in [1.165, 1.54) is 6.07 Å². The molecule has 2 unspecified atom stereocenters. The highest BCUT2D eigenvalue weighted by Crippen LogP contribution is 2.33. The summed E-state index contributed by atoms with van der Waals surface area (Å²) < 4.78 is 51.4. The van der Waals surface area contributed by atoms with Crippen LogP contribution in [-0.2, 0) is 12.7 Å². The van der Waals surface area contributed by atoms with Gasteiger partial charge in [0.25, 0.3) is 0 Å². The van der Waals surface area contributed by atoms with E-state index in [0.29, 0.717) is 24.6 Å². The van der Waals surface area contributed by atoms with E-state index < -0.39 is 17.6 Å². The topological polar surface area (TPSA) is 29.3 Å². The Labute approximate surface area is 121 Å². The average Bonchev–Trinajstić information content (AvgIpc) is 2.88. The Kier molecular flexibility index (Phi) is 4.88. The van der Waals surface area contributed by atoms with Crippen LogP contribution in [0.4, 0.5) is 17.6 Å². The fourth-order valence-corrected chi connectivity index (χ4v) is 3.17. The van der Waals surface area contributed by atoms with Gasteiger partial charge in [0.1, 0.15) is 5.82 Å². The highest BCUT2D eigenvalue weighted by atomic mass is 19.4. The van der Waals surface area contributed by atoms with Gasteiger partial charge in [-0.2, -0.15) is 13.2 Å². The van der Waals surface area contributed by atoms with Gasteiger partial charge in [0.2, 0.25) is 0 Å². The van der Waals surface area contributed by atoms with E-state index in [9.17, 15) is 17.6 Å². The zero-order valence-electron chi connectivity index (χ0n) is 12.0. The molecule has 2 N–H and O–H groups in total. The highest BCUT2D eigenvalue weighted by Gasteiger charge is 2.34. The first kappa shape index (κ1) is 16.2. The molecule has 0 spiro atoms. The number of nitrogens with two attached hydrogens (primary N) is 1. The molecular weight excluding hydrogens is 284 g/mol. The quantitative estimate of drug-likeness (QED) is 0.864. The number of halogens is 4. The zero-order valence-corrected chi connectivity index (χ0v) is 12.0. The predicted octanol–water partition coefficient (Wildman–Crippen LogP) is 3.40. The number of benzene rings is 1. The minimum Gasteiger partial charge on any atom is -0.330 e. The van der Waals surface area contributed by atoms with Crippen molar-refractivity contribution in [3.8, 4) is 0 Å². The largest absolute Gasteiger partial charge is 0.419 e. The van der Waals surface area contributed by atoms with E-state index in [-0.39, 0.29) is 6.04 Å². The van der Waals surface area contributed by atoms with Crippen LogP contribution in [0.1, 0.15) is 30.4 Å². The van der Waals surface area contributed by atoms with Gasteiger partial charge in [0.05, 0.1) is 5.56 Å². The summed E-state index contributed by atoms with van der Waals surface area (Å²) in [6.45, 7) is 0.955. The molecule has 0 aliphatic heterocycles. The minimum absolute atomic E-state index is 0.286. The van der Waals surface area contributed by atoms with Crippen LogP contribution in [0.15, 0.2) is 18.2 Å². The summed E-state index contributed by atoms with van der Waals surface area (Å²) in [5.41, 5.74) is 5.00. The van der Waals surface area contributed by atoms with E-state index >= 15 is 0 Å². The van der Waals surface area contributed by atoms with Gasteiger partial charge in [0.15, 0.2) is 0 Å². The maximum absolute atomic E-state index is 13.3. The van der Waals surface area contributed by atoms with Crippen molar-refractivity contribution in [1.82, 2.24) is 4.90 Å². The molecule has 0 saturated heterocycles. The summed E-state index contributed by atoms with van der Waals surface area (Å²) in [6, 6.07) is 3.49. The standard InChI is InChI=1S/C15H20F4N2/c1-21(14-4-2-3-11(14)8-20)9-10-5-6-13(16)12(7-10)15(17,18)19/h5-7,11,14H,2-4,8-9,20H2,1H3. The summed E-state index contributed by atoms with van der Waals surface area (Å²) in [5.74, 6) is -0.841. The molecule has 2 rings (SSSR count). The third kappa shape index (κ3) is 3.74. The number of hydrogen-bond donors (Lipinski definition) is 1. The molecule has 6 heteroatoms. The van der Waals surface area contributed by atoms with Crippen LogP contribution in [0.25, 0.3) is 0 Å². The SMILES string of the molecule is CN(Cc1ccc(F)c(C(F)(F)F)c1)C1CCCC1CN. The normalized spacial score (nSPS) is 23.0. The molecule has 2 atom stereocenters. The lowest BCUT2D eigenvalue weighted by Gasteiger charge is -2.29. The molecule has 1 aromatic rings. The van der Waals surface area contributed by atoms with E-state index in [2.05, 4.69) is 0 Å². The minimum atomic E-state index is -4.66. The van der Waals surface area contributed by atoms with Crippen molar-refractivity contribution in [3.05, 3.63) is 35.1 Å². The molecule has 1 aliphatic carbocycles. The summed E-state index contributed by atoms with van der Waals surface area (Å²) in [7, 11) is 1.88. The molecule has 1 saturated carbocycles. The smallest absolute Gasteiger partial charge is 0.330 e. The second-order valence-electron chi connectivity index (χ2n) is 5.72. The van der Waals surface area contributed by atoms with Crippen LogP contribution in [-0.4, -0.2) is 24.5 Å². The Morgan fingerprint density at radius 3 is 2.62 bits per heavy atom. The summed E-state index contributed by atoms with van der Waals surface area (Å²) >= 11 is 0. The first-order valence-corrected chi connectivity index (χ1v) is 7.09. The summed E-state index contributed by atoms with van der Waals surface area (Å²) in [5, 5.41) is 0. The lowest BCUT2D eigenvalue weighted by molar-refractivity contribution is -0.140. The molecule has 21 heavy (non-hydrogen) atoms. The van der Waals surface area contributed by atoms with Crippen molar-refractivity contribution in [1.29, 1.82) is 0 Å². The fourth-order valence-electron chi connectivity index (χ4n) is 3.17. The zero-order chi connectivity index (χ0) is 15.6. The second kappa shape index (κ2) is 6.32. The van der Waals surface area contributed by atoms with Gasteiger partial charge in [-0.05, 0) is 50.0 Å². The van der Waals surface area contributed by atoms with Gasteiger partial charge in [-0.3, -0.25) is 4.90 Å². The third-order valence-electron chi connectivity index (χ3n) is 4.26. The number of nitrogens with zero attached hydrogens (tertiary/aromatic N) is 1. The van der Waals surface area contributed by atoms with Crippen molar-refractivity contribution in [2.45, 2.75) is 38.0 Å². The maximum Gasteiger partial charge on any atom is 0.419 e. The second-order valence-corrected chi connectivity index (χ2v) is 5.72. The molecule has 118 valence electrons. The molecule has 2 nitrogen and oxygen atoms in total. The number of rotatable bonds is 4. The molecule has 1 aliphatic rings. The van der Waals surface area contributed by atoms with Crippen LogP contribution < -0.4 is 5.73 Å². The Hall–Kier alpha value is -1.14. The van der Waals surface area contributed by atoms with Gasteiger partial charge in [0, 0.05) is 12.6 Å². The van der Waals surface area contributed by atoms with Crippen molar-refractivity contribution < 1.29 is 17.6 Å². The molecule has 1 fully saturated rings. The first-order chi connectivity index (χ1) is 9.82. The third-order valence-corrected chi connectivity index (χ3v) is 4.26. The van der Waals surface area contributed by atoms with Crippen molar-refractivity contribution in [3.63, 3.8) is 0 Å². The van der Waals surface area contributed by atoms with E-state index in [4.69, 9.17) is 5.73 Å². The Bertz CT molecular complexity index is 487.